The summed E-state index contributed by atoms with van der Waals surface area (Å²) in [6.07, 6.45) is 6.34. The van der Waals surface area contributed by atoms with Gasteiger partial charge in [-0.3, -0.25) is 0 Å². The first-order valence-electron chi connectivity index (χ1n) is 24.2. The summed E-state index contributed by atoms with van der Waals surface area (Å²) in [5.41, 5.74) is 14.8. The minimum atomic E-state index is 0.567. The van der Waals surface area contributed by atoms with Crippen LogP contribution in [0.4, 0.5) is 17.1 Å². The van der Waals surface area contributed by atoms with Crippen LogP contribution >= 0.6 is 0 Å². The van der Waals surface area contributed by atoms with E-state index in [0.29, 0.717) is 6.61 Å². The van der Waals surface area contributed by atoms with Gasteiger partial charge in [0.2, 0.25) is 0 Å². The summed E-state index contributed by atoms with van der Waals surface area (Å²) < 4.78 is 14.9. The van der Waals surface area contributed by atoms with E-state index in [1.54, 1.807) is 0 Å². The van der Waals surface area contributed by atoms with Crippen LogP contribution in [-0.2, 0) is 0 Å². The largest absolute Gasteiger partial charge is 0.488 e. The molecule has 3 heterocycles. The average Bonchev–Trinajstić information content (AvgIpc) is 4.13. The maximum Gasteiger partial charge on any atom is 0.159 e. The second kappa shape index (κ2) is 16.4. The highest BCUT2D eigenvalue weighted by atomic mass is 16.5. The number of allylic oxidation sites excluding steroid dienone is 4. The van der Waals surface area contributed by atoms with Crippen molar-refractivity contribution in [1.29, 1.82) is 0 Å². The average molecular weight is 909 g/mol. The summed E-state index contributed by atoms with van der Waals surface area (Å²) in [5.74, 6) is 0.932. The quantitative estimate of drug-likeness (QED) is 0.112. The molecule has 2 aromatic heterocycles. The summed E-state index contributed by atoms with van der Waals surface area (Å²) in [4.78, 5) is 2.29. The normalized spacial score (nSPS) is 13.2. The lowest BCUT2D eigenvalue weighted by Crippen LogP contribution is -2.10. The minimum absolute atomic E-state index is 0.567. The van der Waals surface area contributed by atoms with Crippen LogP contribution in [0.3, 0.4) is 0 Å². The molecule has 0 N–H and O–H groups in total. The van der Waals surface area contributed by atoms with E-state index >= 15 is 0 Å². The summed E-state index contributed by atoms with van der Waals surface area (Å²) in [7, 11) is 0. The lowest BCUT2D eigenvalue weighted by atomic mass is 9.94. The van der Waals surface area contributed by atoms with E-state index in [-0.39, 0.29) is 0 Å². The van der Waals surface area contributed by atoms with Crippen molar-refractivity contribution in [3.63, 3.8) is 0 Å². The number of ether oxygens (including phenoxy) is 1. The molecule has 0 saturated heterocycles. The Morgan fingerprint density at radius 2 is 1.10 bits per heavy atom. The Bertz CT molecular complexity index is 4330. The van der Waals surface area contributed by atoms with Gasteiger partial charge >= 0.3 is 0 Å². The number of anilines is 3. The monoisotopic (exact) mass is 908 g/mol. The Kier molecular flexibility index (Phi) is 9.39. The Labute approximate surface area is 410 Å². The zero-order valence-corrected chi connectivity index (χ0v) is 38.7. The zero-order valence-electron chi connectivity index (χ0n) is 38.7. The molecule has 0 unspecified atom stereocenters. The zero-order chi connectivity index (χ0) is 47.0. The number of hydrogen-bond donors (Lipinski definition) is 0. The third-order valence-electron chi connectivity index (χ3n) is 14.4. The van der Waals surface area contributed by atoms with Crippen LogP contribution in [0.1, 0.15) is 11.1 Å². The van der Waals surface area contributed by atoms with Crippen LogP contribution in [0.25, 0.3) is 104 Å². The summed E-state index contributed by atoms with van der Waals surface area (Å²) in [6, 6.07) is 80.6. The Morgan fingerprint density at radius 3 is 1.89 bits per heavy atom. The molecule has 13 aromatic rings. The van der Waals surface area contributed by atoms with Crippen LogP contribution in [0.15, 0.2) is 254 Å². The Morgan fingerprint density at radius 1 is 0.479 bits per heavy atom. The van der Waals surface area contributed by atoms with E-state index in [9.17, 15) is 0 Å². The van der Waals surface area contributed by atoms with Crippen molar-refractivity contribution in [3.8, 4) is 22.6 Å². The molecule has 0 radical (unpaired) electrons. The summed E-state index contributed by atoms with van der Waals surface area (Å²) in [6.45, 7) is 5.14. The number of para-hydroxylation sites is 4. The molecule has 1 aliphatic heterocycles. The number of furan rings is 1. The molecule has 11 aromatic carbocycles. The fourth-order valence-corrected chi connectivity index (χ4v) is 11.0. The SMILES string of the molecule is C=C(/C=C\C=C1/COc2ccccc21)c1ccc2c(c1)c1cc(-c3ccc(N(c4ccccc4)c4cccc5c4oc4ccccc45)cc3)ccc1n2-c1ccc2c3ccccc3c3ccccc3c2c1. The third-order valence-corrected chi connectivity index (χ3v) is 14.4. The van der Waals surface area contributed by atoms with Gasteiger partial charge < -0.3 is 18.6 Å². The molecule has 0 amide bonds. The van der Waals surface area contributed by atoms with E-state index in [1.165, 1.54) is 43.1 Å². The van der Waals surface area contributed by atoms with Crippen LogP contribution in [0.5, 0.6) is 5.75 Å². The highest BCUT2D eigenvalue weighted by Crippen LogP contribution is 2.44. The number of fused-ring (bicyclic) bond motifs is 13. The van der Waals surface area contributed by atoms with Gasteiger partial charge in [-0.15, -0.1) is 0 Å². The van der Waals surface area contributed by atoms with Gasteiger partial charge in [0.05, 0.1) is 16.7 Å². The number of nitrogens with zero attached hydrogens (tertiary/aromatic N) is 2. The molecule has 71 heavy (non-hydrogen) atoms. The van der Waals surface area contributed by atoms with Crippen molar-refractivity contribution < 1.29 is 9.15 Å². The van der Waals surface area contributed by atoms with Gasteiger partial charge in [0.25, 0.3) is 0 Å². The van der Waals surface area contributed by atoms with Gasteiger partial charge in [0.1, 0.15) is 17.9 Å². The highest BCUT2D eigenvalue weighted by molar-refractivity contribution is 6.26. The van der Waals surface area contributed by atoms with Gasteiger partial charge in [-0.25, -0.2) is 0 Å². The van der Waals surface area contributed by atoms with E-state index in [0.717, 1.165) is 94.9 Å². The van der Waals surface area contributed by atoms with Crippen LogP contribution in [0, 0.1) is 0 Å². The summed E-state index contributed by atoms with van der Waals surface area (Å²) in [5, 5.41) is 12.1. The van der Waals surface area contributed by atoms with Crippen molar-refractivity contribution in [1.82, 2.24) is 4.57 Å². The first-order valence-corrected chi connectivity index (χ1v) is 24.2. The first-order chi connectivity index (χ1) is 35.1. The molecule has 0 spiro atoms. The topological polar surface area (TPSA) is 30.5 Å². The smallest absolute Gasteiger partial charge is 0.159 e. The predicted molar refractivity (Wildman–Crippen MR) is 299 cm³/mol. The maximum atomic E-state index is 6.58. The van der Waals surface area contributed by atoms with Crippen molar-refractivity contribution >= 4 is 104 Å². The lowest BCUT2D eigenvalue weighted by molar-refractivity contribution is 0.388. The third kappa shape index (κ3) is 6.68. The van der Waals surface area contributed by atoms with Gasteiger partial charge in [0.15, 0.2) is 5.58 Å². The van der Waals surface area contributed by atoms with Crippen LogP contribution in [-0.4, -0.2) is 11.2 Å². The fraction of sp³-hybridized carbons (Fsp3) is 0.0149. The molecule has 0 bridgehead atoms. The Balaban J connectivity index is 0.901. The van der Waals surface area contributed by atoms with Gasteiger partial charge in [-0.2, -0.15) is 0 Å². The van der Waals surface area contributed by atoms with Crippen molar-refractivity contribution in [2.75, 3.05) is 11.5 Å². The standard InChI is InChI=1S/C67H44N2O2/c1-43(15-13-16-47-42-70-65-27-11-9-19-51(47)65)45-31-37-62-60(39-45)61-40-46(32-38-63(61)69(62)50-35-36-56-54-22-6-5-20-52(54)53-21-7-8-23-55(53)59(56)41-50)44-29-33-49(34-30-44)68(48-17-3-2-4-18-48)64-26-14-25-58-57-24-10-12-28-66(57)71-67(58)64/h2-41H,1,42H2/b15-13-,47-16+. The molecule has 4 heteroatoms. The van der Waals surface area contributed by atoms with Crippen molar-refractivity contribution in [2.45, 2.75) is 0 Å². The van der Waals surface area contributed by atoms with Gasteiger partial charge in [0, 0.05) is 49.7 Å². The minimum Gasteiger partial charge on any atom is -0.488 e. The molecule has 14 rings (SSSR count). The maximum absolute atomic E-state index is 6.58. The number of rotatable bonds is 8. The molecule has 1 aliphatic rings. The fourth-order valence-electron chi connectivity index (χ4n) is 11.0. The molecule has 4 nitrogen and oxygen atoms in total. The van der Waals surface area contributed by atoms with Gasteiger partial charge in [-0.1, -0.05) is 170 Å². The Hall–Kier alpha value is -9.38. The van der Waals surface area contributed by atoms with E-state index < -0.39 is 0 Å². The van der Waals surface area contributed by atoms with E-state index in [2.05, 4.69) is 234 Å². The molecule has 0 atom stereocenters. The van der Waals surface area contributed by atoms with E-state index in [4.69, 9.17) is 9.15 Å². The second-order valence-electron chi connectivity index (χ2n) is 18.5. The number of aromatic nitrogens is 1. The molecule has 0 saturated carbocycles. The highest BCUT2D eigenvalue weighted by Gasteiger charge is 2.21. The van der Waals surface area contributed by atoms with Crippen molar-refractivity contribution in [2.24, 2.45) is 0 Å². The molecular formula is C67H44N2O2. The number of benzene rings is 11. The van der Waals surface area contributed by atoms with Crippen LogP contribution < -0.4 is 9.64 Å². The molecule has 0 fully saturated rings. The predicted octanol–water partition coefficient (Wildman–Crippen LogP) is 18.3. The second-order valence-corrected chi connectivity index (χ2v) is 18.5. The lowest BCUT2D eigenvalue weighted by Gasteiger charge is -2.25. The van der Waals surface area contributed by atoms with E-state index in [1.807, 2.05) is 24.3 Å². The molecule has 0 aliphatic carbocycles. The first kappa shape index (κ1) is 40.7. The molecule has 334 valence electrons. The summed E-state index contributed by atoms with van der Waals surface area (Å²) >= 11 is 0. The number of hydrogen-bond acceptors (Lipinski definition) is 3. The van der Waals surface area contributed by atoms with Crippen LogP contribution in [0.2, 0.25) is 0 Å². The van der Waals surface area contributed by atoms with Gasteiger partial charge in [-0.05, 0) is 133 Å². The molecular weight excluding hydrogens is 865 g/mol. The van der Waals surface area contributed by atoms with Crippen molar-refractivity contribution in [3.05, 3.63) is 260 Å².